The number of carboxylic acid groups (broad SMARTS) is 1. The molecular weight excluding hydrogens is 243 g/mol. The predicted octanol–water partition coefficient (Wildman–Crippen LogP) is -1.97. The first-order chi connectivity index (χ1) is 8.41. The van der Waals surface area contributed by atoms with E-state index < -0.39 is 18.1 Å². The number of amides is 1. The number of rotatable bonds is 5. The van der Waals surface area contributed by atoms with Crippen LogP contribution < -0.4 is 24.2 Å². The first-order valence-electron chi connectivity index (χ1n) is 6.28. The van der Waals surface area contributed by atoms with Gasteiger partial charge in [-0.3, -0.25) is 0 Å². The fraction of sp³-hybridized carbons (Fsp3) is 0.833. The number of alkyl carbamates (subject to hydrolysis) is 1. The van der Waals surface area contributed by atoms with E-state index in [1.807, 2.05) is 7.05 Å². The molecule has 7 heteroatoms. The molecule has 19 heavy (non-hydrogen) atoms. The van der Waals surface area contributed by atoms with Crippen LogP contribution in [0.15, 0.2) is 0 Å². The number of likely N-dealkylation sites (N-methyl/N-ethyl adjacent to an activating group) is 1. The Bertz CT molecular complexity index is 318. The fourth-order valence-electron chi connectivity index (χ4n) is 2.04. The summed E-state index contributed by atoms with van der Waals surface area (Å²) in [5.41, 5.74) is 0. The van der Waals surface area contributed by atoms with Crippen molar-refractivity contribution in [3.05, 3.63) is 0 Å². The van der Waals surface area contributed by atoms with E-state index in [0.717, 1.165) is 19.4 Å². The Labute approximate surface area is 127 Å². The molecule has 1 aliphatic rings. The molecule has 2 N–H and O–H groups in total. The van der Waals surface area contributed by atoms with Crippen molar-refractivity contribution in [2.24, 2.45) is 5.92 Å². The number of carboxylic acids is 1. The monoisotopic (exact) mass is 266 g/mol. The molecule has 1 saturated heterocycles. The quantitative estimate of drug-likeness (QED) is 0.565. The molecule has 0 aromatic rings. The van der Waals surface area contributed by atoms with E-state index in [2.05, 4.69) is 10.2 Å². The zero-order valence-electron chi connectivity index (χ0n) is 13.2. The standard InChI is InChI=1S/C12H22N2O4.Li.H/c1-8(2)10(11(15)16)13-12(17)18-7-9-5-4-6-14(9)3;;/h8-10H,4-7H2,1-3H3,(H,13,17)(H,15,16);;/q;+1;-1. The number of likely N-dealkylation sites (tertiary alicyclic amines) is 1. The largest absolute Gasteiger partial charge is 1.00 e. The summed E-state index contributed by atoms with van der Waals surface area (Å²) in [5, 5.41) is 11.3. The van der Waals surface area contributed by atoms with Gasteiger partial charge in [0.05, 0.1) is 0 Å². The maximum Gasteiger partial charge on any atom is 1.00 e. The molecule has 1 heterocycles. The maximum absolute atomic E-state index is 11.5. The SMILES string of the molecule is CC(C)C(NC(=O)OCC1CCCN1C)C(=O)O.[H-].[Li+]. The summed E-state index contributed by atoms with van der Waals surface area (Å²) in [5.74, 6) is -1.22. The van der Waals surface area contributed by atoms with Gasteiger partial charge in [0.15, 0.2) is 0 Å². The minimum Gasteiger partial charge on any atom is -1.00 e. The van der Waals surface area contributed by atoms with Crippen LogP contribution in [0, 0.1) is 5.92 Å². The third-order valence-electron chi connectivity index (χ3n) is 3.28. The van der Waals surface area contributed by atoms with Crippen molar-refractivity contribution in [1.29, 1.82) is 0 Å². The Kier molecular flexibility index (Phi) is 8.15. The zero-order valence-corrected chi connectivity index (χ0v) is 12.2. The maximum atomic E-state index is 11.5. The molecule has 106 valence electrons. The Morgan fingerprint density at radius 1 is 1.53 bits per heavy atom. The number of hydrogen-bond donors (Lipinski definition) is 2. The van der Waals surface area contributed by atoms with Crippen LogP contribution in [0.1, 0.15) is 28.1 Å². The van der Waals surface area contributed by atoms with E-state index in [1.54, 1.807) is 13.8 Å². The molecule has 0 radical (unpaired) electrons. The minimum atomic E-state index is -1.04. The Morgan fingerprint density at radius 3 is 2.58 bits per heavy atom. The van der Waals surface area contributed by atoms with E-state index in [1.165, 1.54) is 0 Å². The van der Waals surface area contributed by atoms with Gasteiger partial charge < -0.3 is 21.5 Å². The number of ether oxygens (including phenoxy) is 1. The molecule has 0 aromatic heterocycles. The average molecular weight is 266 g/mol. The molecule has 0 spiro atoms. The van der Waals surface area contributed by atoms with Gasteiger partial charge in [-0.25, -0.2) is 9.59 Å². The summed E-state index contributed by atoms with van der Waals surface area (Å²) in [7, 11) is 1.99. The van der Waals surface area contributed by atoms with Gasteiger partial charge in [0.2, 0.25) is 0 Å². The third kappa shape index (κ3) is 5.85. The summed E-state index contributed by atoms with van der Waals surface area (Å²) in [6, 6.07) is -0.656. The second-order valence-corrected chi connectivity index (χ2v) is 5.08. The van der Waals surface area contributed by atoms with Crippen molar-refractivity contribution in [3.8, 4) is 0 Å². The Hall–Kier alpha value is -0.703. The molecule has 1 fully saturated rings. The summed E-state index contributed by atoms with van der Waals surface area (Å²) in [6.07, 6.45) is 1.46. The Balaban J connectivity index is 0. The molecule has 1 rings (SSSR count). The van der Waals surface area contributed by atoms with Gasteiger partial charge >= 0.3 is 30.9 Å². The van der Waals surface area contributed by atoms with E-state index in [0.29, 0.717) is 6.61 Å². The first kappa shape index (κ1) is 18.3. The molecule has 0 saturated carbocycles. The summed E-state index contributed by atoms with van der Waals surface area (Å²) < 4.78 is 5.07. The van der Waals surface area contributed by atoms with E-state index in [4.69, 9.17) is 9.84 Å². The second kappa shape index (κ2) is 8.46. The van der Waals surface area contributed by atoms with E-state index in [9.17, 15) is 9.59 Å². The second-order valence-electron chi connectivity index (χ2n) is 5.08. The number of aliphatic carboxylic acids is 1. The average Bonchev–Trinajstić information content (AvgIpc) is 2.68. The van der Waals surface area contributed by atoms with Crippen LogP contribution in [0.4, 0.5) is 4.79 Å². The molecule has 2 unspecified atom stereocenters. The number of carbonyl (C=O) groups excluding carboxylic acids is 1. The molecule has 0 bridgehead atoms. The van der Waals surface area contributed by atoms with Crippen molar-refractivity contribution in [2.75, 3.05) is 20.2 Å². The molecular formula is C12H23LiN2O4. The van der Waals surface area contributed by atoms with Gasteiger partial charge in [0.1, 0.15) is 12.6 Å². The van der Waals surface area contributed by atoms with Crippen LogP contribution in [-0.2, 0) is 9.53 Å². The van der Waals surface area contributed by atoms with Crippen molar-refractivity contribution in [3.63, 3.8) is 0 Å². The molecule has 1 aliphatic heterocycles. The topological polar surface area (TPSA) is 78.9 Å². The van der Waals surface area contributed by atoms with Crippen molar-refractivity contribution < 1.29 is 39.7 Å². The van der Waals surface area contributed by atoms with E-state index in [-0.39, 0.29) is 32.2 Å². The smallest absolute Gasteiger partial charge is 1.00 e. The molecule has 6 nitrogen and oxygen atoms in total. The molecule has 1 amide bonds. The van der Waals surface area contributed by atoms with Crippen LogP contribution >= 0.6 is 0 Å². The van der Waals surface area contributed by atoms with Gasteiger partial charge in [-0.1, -0.05) is 13.8 Å². The normalized spacial score (nSPS) is 20.7. The number of nitrogens with zero attached hydrogens (tertiary/aromatic N) is 1. The van der Waals surface area contributed by atoms with Gasteiger partial charge in [0, 0.05) is 6.04 Å². The predicted molar refractivity (Wildman–Crippen MR) is 67.5 cm³/mol. The van der Waals surface area contributed by atoms with Gasteiger partial charge in [-0.2, -0.15) is 0 Å². The third-order valence-corrected chi connectivity index (χ3v) is 3.28. The summed E-state index contributed by atoms with van der Waals surface area (Å²) in [4.78, 5) is 24.6. The van der Waals surface area contributed by atoms with Crippen LogP contribution in [-0.4, -0.2) is 54.4 Å². The van der Waals surface area contributed by atoms with Crippen molar-refractivity contribution >= 4 is 12.1 Å². The van der Waals surface area contributed by atoms with Crippen LogP contribution in [0.5, 0.6) is 0 Å². The van der Waals surface area contributed by atoms with Crippen LogP contribution in [0.25, 0.3) is 0 Å². The first-order valence-corrected chi connectivity index (χ1v) is 6.28. The number of nitrogens with one attached hydrogen (secondary N) is 1. The van der Waals surface area contributed by atoms with E-state index >= 15 is 0 Å². The number of carbonyl (C=O) groups is 2. The fourth-order valence-corrected chi connectivity index (χ4v) is 2.04. The van der Waals surface area contributed by atoms with Gasteiger partial charge in [0.25, 0.3) is 0 Å². The zero-order chi connectivity index (χ0) is 13.7. The van der Waals surface area contributed by atoms with Crippen LogP contribution in [0.3, 0.4) is 0 Å². The van der Waals surface area contributed by atoms with Crippen molar-refractivity contribution in [1.82, 2.24) is 10.2 Å². The Morgan fingerprint density at radius 2 is 2.16 bits per heavy atom. The minimum absolute atomic E-state index is 0. The van der Waals surface area contributed by atoms with Gasteiger partial charge in [-0.05, 0) is 32.4 Å². The summed E-state index contributed by atoms with van der Waals surface area (Å²) >= 11 is 0. The van der Waals surface area contributed by atoms with Crippen molar-refractivity contribution in [2.45, 2.75) is 38.8 Å². The summed E-state index contributed by atoms with van der Waals surface area (Å²) in [6.45, 7) is 4.81. The van der Waals surface area contributed by atoms with Gasteiger partial charge in [-0.15, -0.1) is 0 Å². The molecule has 0 aromatic carbocycles. The van der Waals surface area contributed by atoms with Crippen LogP contribution in [0.2, 0.25) is 0 Å². The molecule has 0 aliphatic carbocycles. The molecule has 2 atom stereocenters. The number of hydrogen-bond acceptors (Lipinski definition) is 4.